The van der Waals surface area contributed by atoms with Crippen molar-refractivity contribution in [2.45, 2.75) is 13.3 Å². The maximum Gasteiger partial charge on any atom is 0.243 e. The van der Waals surface area contributed by atoms with E-state index in [1.807, 2.05) is 30.5 Å². The van der Waals surface area contributed by atoms with Gasteiger partial charge in [0.25, 0.3) is 0 Å². The van der Waals surface area contributed by atoms with Crippen molar-refractivity contribution in [3.63, 3.8) is 0 Å². The molecule has 0 fully saturated rings. The number of carbonyl (C=O) groups excluding carboxylic acids is 2. The van der Waals surface area contributed by atoms with Crippen LogP contribution in [0, 0.1) is 6.92 Å². The van der Waals surface area contributed by atoms with E-state index in [1.54, 1.807) is 24.3 Å². The smallest absolute Gasteiger partial charge is 0.243 e. The average Bonchev–Trinajstić information content (AvgIpc) is 3.12. The summed E-state index contributed by atoms with van der Waals surface area (Å²) in [6.07, 6.45) is 0.0877. The van der Waals surface area contributed by atoms with Gasteiger partial charge < -0.3 is 10.6 Å². The van der Waals surface area contributed by atoms with Gasteiger partial charge in [-0.05, 0) is 30.7 Å². The van der Waals surface area contributed by atoms with E-state index in [9.17, 15) is 9.59 Å². The van der Waals surface area contributed by atoms with Crippen LogP contribution in [0.2, 0.25) is 10.0 Å². The van der Waals surface area contributed by atoms with Gasteiger partial charge in [-0.25, -0.2) is 4.98 Å². The Morgan fingerprint density at radius 1 is 1.04 bits per heavy atom. The standard InChI is InChI=1S/C20H17Cl2N3O2S/c1-12-15(21)7-4-8-17(12)25-19(27)10-23-18(26)9-13-11-28-20(24-13)14-5-2-3-6-16(14)22/h2-8,11H,9-10H2,1H3,(H,23,26)(H,25,27). The van der Waals surface area contributed by atoms with Gasteiger partial charge in [0.15, 0.2) is 0 Å². The average molecular weight is 434 g/mol. The number of anilines is 1. The van der Waals surface area contributed by atoms with E-state index in [4.69, 9.17) is 23.2 Å². The van der Waals surface area contributed by atoms with Crippen molar-refractivity contribution in [3.8, 4) is 10.6 Å². The second-order valence-electron chi connectivity index (χ2n) is 6.04. The number of hydrogen-bond acceptors (Lipinski definition) is 4. The maximum absolute atomic E-state index is 12.1. The minimum atomic E-state index is -0.325. The Hall–Kier alpha value is -2.41. The Labute approximate surface area is 176 Å². The van der Waals surface area contributed by atoms with Gasteiger partial charge in [-0.1, -0.05) is 47.5 Å². The molecule has 0 radical (unpaired) electrons. The predicted octanol–water partition coefficient (Wildman–Crippen LogP) is 4.72. The molecule has 0 spiro atoms. The highest BCUT2D eigenvalue weighted by molar-refractivity contribution is 7.13. The van der Waals surface area contributed by atoms with Crippen LogP contribution in [0.4, 0.5) is 5.69 Å². The largest absolute Gasteiger partial charge is 0.347 e. The molecule has 3 aromatic rings. The Bertz CT molecular complexity index is 1020. The molecule has 0 aliphatic heterocycles. The first-order valence-corrected chi connectivity index (χ1v) is 10.1. The van der Waals surface area contributed by atoms with Crippen molar-refractivity contribution in [2.24, 2.45) is 0 Å². The highest BCUT2D eigenvalue weighted by atomic mass is 35.5. The van der Waals surface area contributed by atoms with E-state index >= 15 is 0 Å². The first kappa shape index (κ1) is 20.3. The van der Waals surface area contributed by atoms with Crippen LogP contribution in [0.25, 0.3) is 10.6 Å². The second-order valence-corrected chi connectivity index (χ2v) is 7.71. The predicted molar refractivity (Wildman–Crippen MR) is 114 cm³/mol. The number of amides is 2. The van der Waals surface area contributed by atoms with E-state index < -0.39 is 0 Å². The van der Waals surface area contributed by atoms with Crippen molar-refractivity contribution < 1.29 is 9.59 Å². The van der Waals surface area contributed by atoms with E-state index in [-0.39, 0.29) is 24.8 Å². The third-order valence-electron chi connectivity index (χ3n) is 3.99. The number of hydrogen-bond donors (Lipinski definition) is 2. The molecule has 0 unspecified atom stereocenters. The first-order valence-electron chi connectivity index (χ1n) is 8.45. The highest BCUT2D eigenvalue weighted by Crippen LogP contribution is 2.30. The van der Waals surface area contributed by atoms with Gasteiger partial charge in [-0.15, -0.1) is 11.3 Å². The molecule has 0 atom stereocenters. The van der Waals surface area contributed by atoms with Crippen molar-refractivity contribution in [3.05, 3.63) is 69.1 Å². The van der Waals surface area contributed by atoms with Gasteiger partial charge in [0.05, 0.1) is 23.7 Å². The monoisotopic (exact) mass is 433 g/mol. The molecule has 1 heterocycles. The van der Waals surface area contributed by atoms with Gasteiger partial charge in [0.1, 0.15) is 5.01 Å². The molecule has 144 valence electrons. The number of carbonyl (C=O) groups is 2. The van der Waals surface area contributed by atoms with Crippen molar-refractivity contribution in [2.75, 3.05) is 11.9 Å². The zero-order valence-corrected chi connectivity index (χ0v) is 17.3. The fraction of sp³-hybridized carbons (Fsp3) is 0.150. The fourth-order valence-electron chi connectivity index (χ4n) is 2.49. The Morgan fingerprint density at radius 2 is 1.79 bits per heavy atom. The molecular weight excluding hydrogens is 417 g/mol. The third-order valence-corrected chi connectivity index (χ3v) is 5.65. The SMILES string of the molecule is Cc1c(Cl)cccc1NC(=O)CNC(=O)Cc1csc(-c2ccccc2Cl)n1. The summed E-state index contributed by atoms with van der Waals surface area (Å²) in [4.78, 5) is 28.6. The molecular formula is C20H17Cl2N3O2S. The molecule has 0 aliphatic carbocycles. The van der Waals surface area contributed by atoms with Crippen molar-refractivity contribution in [1.29, 1.82) is 0 Å². The van der Waals surface area contributed by atoms with Crippen LogP contribution >= 0.6 is 34.5 Å². The van der Waals surface area contributed by atoms with Crippen LogP contribution in [0.1, 0.15) is 11.3 Å². The Kier molecular flexibility index (Phi) is 6.67. The lowest BCUT2D eigenvalue weighted by molar-refractivity contribution is -0.123. The number of nitrogens with one attached hydrogen (secondary N) is 2. The number of benzene rings is 2. The fourth-order valence-corrected chi connectivity index (χ4v) is 3.80. The number of aromatic nitrogens is 1. The molecule has 1 aromatic heterocycles. The molecule has 3 rings (SSSR count). The topological polar surface area (TPSA) is 71.1 Å². The summed E-state index contributed by atoms with van der Waals surface area (Å²) in [7, 11) is 0. The summed E-state index contributed by atoms with van der Waals surface area (Å²) in [5.74, 6) is -0.609. The molecule has 5 nitrogen and oxygen atoms in total. The summed E-state index contributed by atoms with van der Waals surface area (Å²) < 4.78 is 0. The van der Waals surface area contributed by atoms with Gasteiger partial charge in [-0.3, -0.25) is 9.59 Å². The lowest BCUT2D eigenvalue weighted by atomic mass is 10.2. The highest BCUT2D eigenvalue weighted by Gasteiger charge is 2.12. The second kappa shape index (κ2) is 9.19. The summed E-state index contributed by atoms with van der Waals surface area (Å²) in [6, 6.07) is 12.7. The molecule has 28 heavy (non-hydrogen) atoms. The molecule has 2 amide bonds. The van der Waals surface area contributed by atoms with Gasteiger partial charge in [0.2, 0.25) is 11.8 Å². The molecule has 0 aliphatic rings. The zero-order chi connectivity index (χ0) is 20.1. The molecule has 2 aromatic carbocycles. The van der Waals surface area contributed by atoms with E-state index in [0.29, 0.717) is 21.4 Å². The van der Waals surface area contributed by atoms with Gasteiger partial charge in [-0.2, -0.15) is 0 Å². The third kappa shape index (κ3) is 5.10. The minimum absolute atomic E-state index is 0.0877. The molecule has 0 saturated carbocycles. The quantitative estimate of drug-likeness (QED) is 0.590. The summed E-state index contributed by atoms with van der Waals surface area (Å²) in [5, 5.41) is 9.08. The number of rotatable bonds is 6. The number of thiazole rings is 1. The van der Waals surface area contributed by atoms with Crippen LogP contribution in [0.15, 0.2) is 47.8 Å². The van der Waals surface area contributed by atoms with Crippen LogP contribution in [0.3, 0.4) is 0 Å². The van der Waals surface area contributed by atoms with Crippen LogP contribution in [-0.2, 0) is 16.0 Å². The van der Waals surface area contributed by atoms with Crippen LogP contribution < -0.4 is 10.6 Å². The summed E-state index contributed by atoms with van der Waals surface area (Å²) in [5.41, 5.74) is 2.86. The van der Waals surface area contributed by atoms with E-state index in [2.05, 4.69) is 15.6 Å². The van der Waals surface area contributed by atoms with Gasteiger partial charge in [0, 0.05) is 21.7 Å². The van der Waals surface area contributed by atoms with Crippen LogP contribution in [0.5, 0.6) is 0 Å². The summed E-state index contributed by atoms with van der Waals surface area (Å²) >= 11 is 13.6. The first-order chi connectivity index (χ1) is 13.4. The zero-order valence-electron chi connectivity index (χ0n) is 15.0. The molecule has 0 saturated heterocycles. The van der Waals surface area contributed by atoms with Crippen molar-refractivity contribution >= 4 is 52.0 Å². The summed E-state index contributed by atoms with van der Waals surface area (Å²) in [6.45, 7) is 1.68. The number of nitrogens with zero attached hydrogens (tertiary/aromatic N) is 1. The van der Waals surface area contributed by atoms with Gasteiger partial charge >= 0.3 is 0 Å². The lowest BCUT2D eigenvalue weighted by Crippen LogP contribution is -2.34. The molecule has 2 N–H and O–H groups in total. The van der Waals surface area contributed by atoms with Crippen LogP contribution in [-0.4, -0.2) is 23.3 Å². The van der Waals surface area contributed by atoms with Crippen molar-refractivity contribution in [1.82, 2.24) is 10.3 Å². The normalized spacial score (nSPS) is 10.5. The Morgan fingerprint density at radius 3 is 2.57 bits per heavy atom. The molecule has 8 heteroatoms. The van der Waals surface area contributed by atoms with E-state index in [0.717, 1.165) is 16.1 Å². The van der Waals surface area contributed by atoms with E-state index in [1.165, 1.54) is 11.3 Å². The lowest BCUT2D eigenvalue weighted by Gasteiger charge is -2.10. The molecule has 0 bridgehead atoms. The minimum Gasteiger partial charge on any atom is -0.347 e. The Balaban J connectivity index is 1.53. The maximum atomic E-state index is 12.1. The number of halogens is 2.